The molecule has 1 aromatic rings. The summed E-state index contributed by atoms with van der Waals surface area (Å²) in [6.45, 7) is 11.0. The average Bonchev–Trinajstić information content (AvgIpc) is 2.13. The molecule has 1 unspecified atom stereocenters. The van der Waals surface area contributed by atoms with Crippen molar-refractivity contribution in [3.05, 3.63) is 28.8 Å². The highest BCUT2D eigenvalue weighted by molar-refractivity contribution is 9.09. The number of hydrogen-bond donors (Lipinski definition) is 0. The van der Waals surface area contributed by atoms with Gasteiger partial charge >= 0.3 is 0 Å². The molecule has 0 aliphatic rings. The van der Waals surface area contributed by atoms with Crippen molar-refractivity contribution < 1.29 is 4.74 Å². The van der Waals surface area contributed by atoms with Crippen LogP contribution in [0.1, 0.15) is 43.9 Å². The molecule has 1 aromatic carbocycles. The van der Waals surface area contributed by atoms with Gasteiger partial charge in [0.15, 0.2) is 0 Å². The van der Waals surface area contributed by atoms with Crippen molar-refractivity contribution in [1.82, 2.24) is 0 Å². The van der Waals surface area contributed by atoms with E-state index in [0.717, 1.165) is 12.2 Å². The molecule has 0 fully saturated rings. The van der Waals surface area contributed by atoms with Gasteiger partial charge in [0, 0.05) is 10.4 Å². The minimum absolute atomic E-state index is 0.117. The summed E-state index contributed by atoms with van der Waals surface area (Å²) in [5.74, 6) is 1.01. The van der Waals surface area contributed by atoms with Crippen molar-refractivity contribution in [1.29, 1.82) is 0 Å². The number of ether oxygens (including phenoxy) is 1. The standard InChI is InChI=1S/C15H23BrO/c1-10-7-11(2)14(13(8-10)17-6)15(4,5)9-12(3)16/h7-8,12H,9H2,1-6H3. The van der Waals surface area contributed by atoms with Crippen LogP contribution in [0, 0.1) is 13.8 Å². The highest BCUT2D eigenvalue weighted by Crippen LogP contribution is 2.39. The van der Waals surface area contributed by atoms with Crippen LogP contribution in [-0.2, 0) is 5.41 Å². The molecule has 17 heavy (non-hydrogen) atoms. The van der Waals surface area contributed by atoms with Gasteiger partial charge in [0.25, 0.3) is 0 Å². The summed E-state index contributed by atoms with van der Waals surface area (Å²) >= 11 is 3.65. The molecule has 96 valence electrons. The van der Waals surface area contributed by atoms with Gasteiger partial charge in [0.2, 0.25) is 0 Å². The zero-order chi connectivity index (χ0) is 13.2. The van der Waals surface area contributed by atoms with Gasteiger partial charge in [-0.25, -0.2) is 0 Å². The van der Waals surface area contributed by atoms with Gasteiger partial charge in [-0.3, -0.25) is 0 Å². The molecule has 0 amide bonds. The number of aryl methyl sites for hydroxylation is 2. The fourth-order valence-electron chi connectivity index (χ4n) is 2.76. The number of rotatable bonds is 4. The summed E-state index contributed by atoms with van der Waals surface area (Å²) in [7, 11) is 1.76. The zero-order valence-electron chi connectivity index (χ0n) is 11.7. The van der Waals surface area contributed by atoms with E-state index >= 15 is 0 Å². The van der Waals surface area contributed by atoms with Gasteiger partial charge in [-0.2, -0.15) is 0 Å². The number of methoxy groups -OCH3 is 1. The predicted octanol–water partition coefficient (Wildman–Crippen LogP) is 4.76. The highest BCUT2D eigenvalue weighted by atomic mass is 79.9. The van der Waals surface area contributed by atoms with Crippen molar-refractivity contribution in [2.24, 2.45) is 0 Å². The van der Waals surface area contributed by atoms with Crippen LogP contribution in [0.4, 0.5) is 0 Å². The quantitative estimate of drug-likeness (QED) is 0.728. The zero-order valence-corrected chi connectivity index (χ0v) is 13.3. The van der Waals surface area contributed by atoms with Crippen LogP contribution in [0.5, 0.6) is 5.75 Å². The molecule has 0 N–H and O–H groups in total. The minimum atomic E-state index is 0.117. The molecule has 0 radical (unpaired) electrons. The molecule has 0 saturated carbocycles. The first kappa shape index (κ1) is 14.6. The first-order chi connectivity index (χ1) is 7.77. The smallest absolute Gasteiger partial charge is 0.123 e. The van der Waals surface area contributed by atoms with Crippen LogP contribution in [0.25, 0.3) is 0 Å². The molecular formula is C15H23BrO. The van der Waals surface area contributed by atoms with Gasteiger partial charge in [-0.05, 0) is 42.9 Å². The number of alkyl halides is 1. The fourth-order valence-corrected chi connectivity index (χ4v) is 3.57. The van der Waals surface area contributed by atoms with E-state index in [1.807, 2.05) is 0 Å². The second-order valence-corrected chi connectivity index (χ2v) is 7.09. The molecule has 2 heteroatoms. The Kier molecular flexibility index (Phi) is 4.65. The van der Waals surface area contributed by atoms with E-state index in [-0.39, 0.29) is 5.41 Å². The molecular weight excluding hydrogens is 276 g/mol. The first-order valence-corrected chi connectivity index (χ1v) is 6.99. The maximum Gasteiger partial charge on any atom is 0.123 e. The van der Waals surface area contributed by atoms with E-state index in [2.05, 4.69) is 62.7 Å². The first-order valence-electron chi connectivity index (χ1n) is 6.07. The normalized spacial score (nSPS) is 13.6. The Labute approximate surface area is 114 Å². The average molecular weight is 299 g/mol. The molecule has 1 atom stereocenters. The van der Waals surface area contributed by atoms with Crippen LogP contribution in [0.3, 0.4) is 0 Å². The summed E-state index contributed by atoms with van der Waals surface area (Å²) < 4.78 is 5.56. The largest absolute Gasteiger partial charge is 0.496 e. The molecule has 0 aliphatic heterocycles. The Hall–Kier alpha value is -0.500. The molecule has 0 aromatic heterocycles. The van der Waals surface area contributed by atoms with Crippen LogP contribution in [0.15, 0.2) is 12.1 Å². The summed E-state index contributed by atoms with van der Waals surface area (Å²) in [6.07, 6.45) is 1.09. The second kappa shape index (κ2) is 5.43. The van der Waals surface area contributed by atoms with E-state index in [1.54, 1.807) is 7.11 Å². The summed E-state index contributed by atoms with van der Waals surface area (Å²) in [4.78, 5) is 0.503. The lowest BCUT2D eigenvalue weighted by molar-refractivity contribution is 0.384. The Bertz CT molecular complexity index is 394. The van der Waals surface area contributed by atoms with Gasteiger partial charge in [-0.1, -0.05) is 42.8 Å². The van der Waals surface area contributed by atoms with Crippen LogP contribution >= 0.6 is 15.9 Å². The predicted molar refractivity (Wildman–Crippen MR) is 78.5 cm³/mol. The third-order valence-electron chi connectivity index (χ3n) is 3.13. The van der Waals surface area contributed by atoms with Crippen LogP contribution < -0.4 is 4.74 Å². The molecule has 0 heterocycles. The lowest BCUT2D eigenvalue weighted by atomic mass is 9.77. The van der Waals surface area contributed by atoms with Crippen LogP contribution in [0.2, 0.25) is 0 Å². The number of benzene rings is 1. The minimum Gasteiger partial charge on any atom is -0.496 e. The van der Waals surface area contributed by atoms with E-state index in [0.29, 0.717) is 4.83 Å². The lowest BCUT2D eigenvalue weighted by Crippen LogP contribution is -2.23. The van der Waals surface area contributed by atoms with Crippen molar-refractivity contribution in [3.8, 4) is 5.75 Å². The third-order valence-corrected chi connectivity index (χ3v) is 3.46. The van der Waals surface area contributed by atoms with E-state index in [1.165, 1.54) is 16.7 Å². The van der Waals surface area contributed by atoms with Crippen LogP contribution in [-0.4, -0.2) is 11.9 Å². The van der Waals surface area contributed by atoms with Gasteiger partial charge in [-0.15, -0.1) is 0 Å². The Morgan fingerprint density at radius 3 is 2.35 bits per heavy atom. The van der Waals surface area contributed by atoms with E-state index in [4.69, 9.17) is 4.74 Å². The molecule has 0 bridgehead atoms. The lowest BCUT2D eigenvalue weighted by Gasteiger charge is -2.30. The summed E-state index contributed by atoms with van der Waals surface area (Å²) in [6, 6.07) is 4.36. The van der Waals surface area contributed by atoms with Gasteiger partial charge < -0.3 is 4.74 Å². The Morgan fingerprint density at radius 1 is 1.29 bits per heavy atom. The molecule has 0 aliphatic carbocycles. The Morgan fingerprint density at radius 2 is 1.88 bits per heavy atom. The maximum absolute atomic E-state index is 5.56. The molecule has 1 rings (SSSR count). The number of hydrogen-bond acceptors (Lipinski definition) is 1. The van der Waals surface area contributed by atoms with Crippen molar-refractivity contribution >= 4 is 15.9 Å². The second-order valence-electron chi connectivity index (χ2n) is 5.53. The molecule has 0 spiro atoms. The summed E-state index contributed by atoms with van der Waals surface area (Å²) in [5.41, 5.74) is 4.02. The molecule has 1 nitrogen and oxygen atoms in total. The fraction of sp³-hybridized carbons (Fsp3) is 0.600. The van der Waals surface area contributed by atoms with E-state index < -0.39 is 0 Å². The topological polar surface area (TPSA) is 9.23 Å². The van der Waals surface area contributed by atoms with Gasteiger partial charge in [0.05, 0.1) is 7.11 Å². The van der Waals surface area contributed by atoms with E-state index in [9.17, 15) is 0 Å². The Balaban J connectivity index is 3.28. The third kappa shape index (κ3) is 3.48. The van der Waals surface area contributed by atoms with Crippen molar-refractivity contribution in [2.75, 3.05) is 7.11 Å². The van der Waals surface area contributed by atoms with Crippen molar-refractivity contribution in [3.63, 3.8) is 0 Å². The maximum atomic E-state index is 5.56. The number of halogens is 1. The SMILES string of the molecule is COc1cc(C)cc(C)c1C(C)(C)CC(C)Br. The highest BCUT2D eigenvalue weighted by Gasteiger charge is 2.27. The monoisotopic (exact) mass is 298 g/mol. The van der Waals surface area contributed by atoms with Crippen molar-refractivity contribution in [2.45, 2.75) is 51.3 Å². The van der Waals surface area contributed by atoms with Gasteiger partial charge in [0.1, 0.15) is 5.75 Å². The molecule has 0 saturated heterocycles. The summed E-state index contributed by atoms with van der Waals surface area (Å²) in [5, 5.41) is 0.